The number of ether oxygens (including phenoxy) is 3. The third-order valence-electron chi connectivity index (χ3n) is 8.84. The van der Waals surface area contributed by atoms with Crippen molar-refractivity contribution in [3.05, 3.63) is 12.7 Å². The minimum Gasteiger partial charge on any atom is -0.457 e. The van der Waals surface area contributed by atoms with Crippen LogP contribution in [0.3, 0.4) is 0 Å². The molecule has 1 saturated heterocycles. The number of carbonyl (C=O) groups excluding carboxylic acids is 2. The first kappa shape index (κ1) is 29.0. The molecule has 0 bridgehead atoms. The molecule has 1 aliphatic heterocycles. The molecule has 0 aromatic rings. The molecule has 9 nitrogen and oxygen atoms in total. The van der Waals surface area contributed by atoms with Crippen molar-refractivity contribution >= 4 is 29.1 Å². The lowest BCUT2D eigenvalue weighted by molar-refractivity contribution is -0.374. The quantitative estimate of drug-likeness (QED) is 0.109. The number of fused-ring (bicyclic) bond motifs is 3. The number of ketones is 1. The average molecular weight is 525 g/mol. The summed E-state index contributed by atoms with van der Waals surface area (Å²) in [7, 11) is 0. The summed E-state index contributed by atoms with van der Waals surface area (Å²) in [6, 6.07) is 0. The summed E-state index contributed by atoms with van der Waals surface area (Å²) in [5.41, 5.74) is -6.84. The van der Waals surface area contributed by atoms with Crippen LogP contribution < -0.4 is 5.32 Å². The fourth-order valence-corrected chi connectivity index (χ4v) is 7.30. The highest BCUT2D eigenvalue weighted by Crippen LogP contribution is 2.67. The molecule has 8 atom stereocenters. The Hall–Kier alpha value is -1.52. The number of Topliss-reactive ketones (excluding diaryl/α,β-unsaturated/α-hetero) is 1. The molecule has 10 heteroatoms. The molecular formula is C26H40N2O7S. The van der Waals surface area contributed by atoms with Gasteiger partial charge in [0.1, 0.15) is 11.7 Å². The first-order chi connectivity index (χ1) is 16.6. The van der Waals surface area contributed by atoms with Gasteiger partial charge in [0, 0.05) is 31.2 Å². The van der Waals surface area contributed by atoms with E-state index in [-0.39, 0.29) is 13.2 Å². The van der Waals surface area contributed by atoms with Gasteiger partial charge in [-0.05, 0) is 44.3 Å². The molecule has 36 heavy (non-hydrogen) atoms. The summed E-state index contributed by atoms with van der Waals surface area (Å²) in [5.74, 6) is -1.63. The van der Waals surface area contributed by atoms with Gasteiger partial charge in [0.25, 0.3) is 0 Å². The van der Waals surface area contributed by atoms with E-state index in [4.69, 9.17) is 14.2 Å². The number of nitrogens with zero attached hydrogens (tertiary/aromatic N) is 1. The zero-order valence-electron chi connectivity index (χ0n) is 22.1. The Kier molecular flexibility index (Phi) is 8.05. The zero-order chi connectivity index (χ0) is 27.2. The van der Waals surface area contributed by atoms with Gasteiger partial charge in [0.2, 0.25) is 0 Å². The number of hydrogen-bond acceptors (Lipinski definition) is 10. The molecule has 3 rings (SSSR count). The molecule has 0 radical (unpaired) electrons. The number of aliphatic hydroxyl groups is 2. The van der Waals surface area contributed by atoms with Crippen LogP contribution in [0.2, 0.25) is 0 Å². The topological polar surface area (TPSA) is 127 Å². The smallest absolute Gasteiger partial charge is 0.303 e. The Morgan fingerprint density at radius 1 is 1.36 bits per heavy atom. The Labute approximate surface area is 218 Å². The van der Waals surface area contributed by atoms with Gasteiger partial charge in [-0.2, -0.15) is 0 Å². The van der Waals surface area contributed by atoms with Crippen LogP contribution in [-0.4, -0.2) is 82.1 Å². The largest absolute Gasteiger partial charge is 0.457 e. The van der Waals surface area contributed by atoms with Crippen LogP contribution in [0.1, 0.15) is 60.8 Å². The van der Waals surface area contributed by atoms with E-state index in [2.05, 4.69) is 34.3 Å². The van der Waals surface area contributed by atoms with E-state index >= 15 is 0 Å². The molecule has 3 aliphatic rings. The van der Waals surface area contributed by atoms with Crippen molar-refractivity contribution in [2.75, 3.05) is 19.8 Å². The van der Waals surface area contributed by atoms with E-state index in [1.807, 2.05) is 13.8 Å². The standard InChI is InChI=1S/C26H40N2O7S/c1-8-23(5)13-18(31)26(32)24(6)17(30)9-10-22(3,4)20(24)19(33-14-27-11-12-28-15-36)21(34-16(2)29)25(26,7)35-23/h8,17,19-21,27,30,32H,1,9-14H2,2-7H3. The van der Waals surface area contributed by atoms with Crippen LogP contribution in [0.15, 0.2) is 17.6 Å². The molecule has 0 amide bonds. The predicted molar refractivity (Wildman–Crippen MR) is 136 cm³/mol. The lowest BCUT2D eigenvalue weighted by Crippen LogP contribution is -2.87. The van der Waals surface area contributed by atoms with Gasteiger partial charge >= 0.3 is 5.97 Å². The van der Waals surface area contributed by atoms with Crippen LogP contribution in [0.4, 0.5) is 0 Å². The maximum Gasteiger partial charge on any atom is 0.303 e. The number of nitrogens with one attached hydrogen (secondary N) is 1. The number of isothiocyanates is 1. The predicted octanol–water partition coefficient (Wildman–Crippen LogP) is 2.19. The summed E-state index contributed by atoms with van der Waals surface area (Å²) in [6.45, 7) is 15.2. The van der Waals surface area contributed by atoms with Gasteiger partial charge in [-0.3, -0.25) is 14.9 Å². The third kappa shape index (κ3) is 4.30. The van der Waals surface area contributed by atoms with Crippen molar-refractivity contribution in [2.24, 2.45) is 21.7 Å². The second kappa shape index (κ2) is 9.98. The van der Waals surface area contributed by atoms with Crippen LogP contribution in [0.25, 0.3) is 0 Å². The first-order valence-corrected chi connectivity index (χ1v) is 12.9. The summed E-state index contributed by atoms with van der Waals surface area (Å²) < 4.78 is 18.7. The van der Waals surface area contributed by atoms with Gasteiger partial charge < -0.3 is 24.4 Å². The molecule has 3 N–H and O–H groups in total. The molecule has 1 heterocycles. The highest BCUT2D eigenvalue weighted by molar-refractivity contribution is 7.78. The highest BCUT2D eigenvalue weighted by atomic mass is 32.1. The normalized spacial score (nSPS) is 43.5. The van der Waals surface area contributed by atoms with E-state index in [9.17, 15) is 19.8 Å². The van der Waals surface area contributed by atoms with Crippen molar-refractivity contribution in [1.82, 2.24) is 5.32 Å². The lowest BCUT2D eigenvalue weighted by Gasteiger charge is -2.71. The lowest BCUT2D eigenvalue weighted by atomic mass is 9.39. The van der Waals surface area contributed by atoms with Crippen molar-refractivity contribution < 1.29 is 34.0 Å². The fraction of sp³-hybridized carbons (Fsp3) is 0.808. The second-order valence-corrected chi connectivity index (χ2v) is 11.8. The van der Waals surface area contributed by atoms with Gasteiger partial charge in [0.15, 0.2) is 17.5 Å². The van der Waals surface area contributed by atoms with E-state index in [0.29, 0.717) is 25.9 Å². The molecule has 2 saturated carbocycles. The second-order valence-electron chi connectivity index (χ2n) is 11.6. The van der Waals surface area contributed by atoms with Gasteiger partial charge in [0.05, 0.1) is 30.1 Å². The summed E-state index contributed by atoms with van der Waals surface area (Å²) in [5, 5.41) is 29.4. The van der Waals surface area contributed by atoms with Crippen LogP contribution >= 0.6 is 12.2 Å². The minimum atomic E-state index is -2.16. The first-order valence-electron chi connectivity index (χ1n) is 12.5. The van der Waals surface area contributed by atoms with Gasteiger partial charge in [-0.25, -0.2) is 4.99 Å². The van der Waals surface area contributed by atoms with Crippen molar-refractivity contribution in [3.8, 4) is 0 Å². The fourth-order valence-electron chi connectivity index (χ4n) is 7.20. The molecule has 0 spiro atoms. The van der Waals surface area contributed by atoms with Crippen molar-refractivity contribution in [1.29, 1.82) is 0 Å². The molecular weight excluding hydrogens is 484 g/mol. The third-order valence-corrected chi connectivity index (χ3v) is 8.97. The highest BCUT2D eigenvalue weighted by Gasteiger charge is 2.81. The number of hydrogen-bond donors (Lipinski definition) is 3. The zero-order valence-corrected chi connectivity index (χ0v) is 22.9. The SMILES string of the molecule is C=CC1(C)CC(=O)C2(O)C(C)(O1)C(OC(C)=O)C(OCNCCN=C=S)C1C(C)(C)CCC(O)C12C. The van der Waals surface area contributed by atoms with Crippen LogP contribution in [0, 0.1) is 16.7 Å². The van der Waals surface area contributed by atoms with Crippen molar-refractivity contribution in [2.45, 2.75) is 95.9 Å². The number of aliphatic hydroxyl groups excluding tert-OH is 1. The van der Waals surface area contributed by atoms with Crippen molar-refractivity contribution in [3.63, 3.8) is 0 Å². The summed E-state index contributed by atoms with van der Waals surface area (Å²) in [4.78, 5) is 30.2. The van der Waals surface area contributed by atoms with E-state index in [1.54, 1.807) is 20.8 Å². The number of rotatable bonds is 8. The van der Waals surface area contributed by atoms with E-state index < -0.39 is 63.6 Å². The Balaban J connectivity index is 2.20. The molecule has 0 aromatic heterocycles. The minimum absolute atomic E-state index is 0.0787. The van der Waals surface area contributed by atoms with E-state index in [0.717, 1.165) is 0 Å². The molecule has 3 fully saturated rings. The Bertz CT molecular complexity index is 953. The van der Waals surface area contributed by atoms with E-state index in [1.165, 1.54) is 13.0 Å². The maximum atomic E-state index is 13.9. The molecule has 202 valence electrons. The monoisotopic (exact) mass is 524 g/mol. The molecule has 0 aromatic carbocycles. The molecule has 8 unspecified atom stereocenters. The van der Waals surface area contributed by atoms with Gasteiger partial charge in [-0.1, -0.05) is 26.8 Å². The number of aliphatic imine (C=N–C) groups is 1. The summed E-state index contributed by atoms with van der Waals surface area (Å²) in [6.07, 6.45) is -0.562. The number of thiocarbonyl (C=S) groups is 1. The Morgan fingerprint density at radius 2 is 2.03 bits per heavy atom. The Morgan fingerprint density at radius 3 is 2.61 bits per heavy atom. The van der Waals surface area contributed by atoms with Gasteiger partial charge in [-0.15, -0.1) is 6.58 Å². The molecule has 2 aliphatic carbocycles. The number of esters is 1. The summed E-state index contributed by atoms with van der Waals surface area (Å²) >= 11 is 4.60. The maximum absolute atomic E-state index is 13.9. The van der Waals surface area contributed by atoms with Crippen LogP contribution in [0.5, 0.6) is 0 Å². The van der Waals surface area contributed by atoms with Crippen LogP contribution in [-0.2, 0) is 23.8 Å². The average Bonchev–Trinajstić information content (AvgIpc) is 2.78. The number of carbonyl (C=O) groups is 2.